The minimum absolute atomic E-state index is 0.0419. The highest BCUT2D eigenvalue weighted by molar-refractivity contribution is 5.97. The lowest BCUT2D eigenvalue weighted by atomic mass is 10.1. The van der Waals surface area contributed by atoms with E-state index < -0.39 is 23.8 Å². The lowest BCUT2D eigenvalue weighted by Crippen LogP contribution is -2.49. The Labute approximate surface area is 163 Å². The van der Waals surface area contributed by atoms with Crippen LogP contribution in [0.1, 0.15) is 43.0 Å². The fraction of sp³-hybridized carbons (Fsp3) is 0.471. The highest BCUT2D eigenvalue weighted by Crippen LogP contribution is 2.14. The van der Waals surface area contributed by atoms with Crippen LogP contribution in [0.2, 0.25) is 0 Å². The molecule has 7 N–H and O–H groups in total. The first-order valence-electron chi connectivity index (χ1n) is 8.94. The largest absolute Gasteiger partial charge is 0.340 e. The molecule has 11 heteroatoms. The number of carbonyl (C=O) groups is 3. The zero-order valence-corrected chi connectivity index (χ0v) is 16.1. The first kappa shape index (κ1) is 23.0. The van der Waals surface area contributed by atoms with Gasteiger partial charge in [-0.25, -0.2) is 11.7 Å². The van der Waals surface area contributed by atoms with Crippen molar-refractivity contribution >= 4 is 23.4 Å². The molecule has 3 amide bonds. The SMILES string of the molecule is CCCCN(C)N=Nc1ccc(C(=O)NC(CCC(=O)NN)C(=O)NN)cc1. The average molecular weight is 392 g/mol. The van der Waals surface area contributed by atoms with Gasteiger partial charge in [-0.05, 0) is 37.1 Å². The van der Waals surface area contributed by atoms with Crippen LogP contribution in [-0.4, -0.2) is 42.4 Å². The van der Waals surface area contributed by atoms with Crippen molar-refractivity contribution in [2.45, 2.75) is 38.6 Å². The highest BCUT2D eigenvalue weighted by Gasteiger charge is 2.21. The molecule has 0 aliphatic heterocycles. The molecule has 0 aliphatic carbocycles. The molecule has 0 aromatic heterocycles. The number of nitrogens with one attached hydrogen (secondary N) is 3. The van der Waals surface area contributed by atoms with Gasteiger partial charge < -0.3 is 5.32 Å². The van der Waals surface area contributed by atoms with E-state index in [2.05, 4.69) is 22.6 Å². The number of hydrazine groups is 2. The van der Waals surface area contributed by atoms with Gasteiger partial charge in [0.2, 0.25) is 5.91 Å². The van der Waals surface area contributed by atoms with Gasteiger partial charge in [0.25, 0.3) is 11.8 Å². The summed E-state index contributed by atoms with van der Waals surface area (Å²) in [5, 5.41) is 12.5. The number of hydrogen-bond acceptors (Lipinski definition) is 7. The van der Waals surface area contributed by atoms with Crippen molar-refractivity contribution in [2.75, 3.05) is 13.6 Å². The molecule has 1 aromatic rings. The number of nitrogens with zero attached hydrogens (tertiary/aromatic N) is 3. The topological polar surface area (TPSA) is 167 Å². The third-order valence-corrected chi connectivity index (χ3v) is 3.86. The summed E-state index contributed by atoms with van der Waals surface area (Å²) in [5.74, 6) is 8.59. The number of hydrogen-bond donors (Lipinski definition) is 5. The molecule has 0 aliphatic rings. The lowest BCUT2D eigenvalue weighted by Gasteiger charge is -2.16. The molecule has 0 saturated carbocycles. The van der Waals surface area contributed by atoms with E-state index in [1.807, 2.05) is 17.9 Å². The number of nitrogens with two attached hydrogens (primary N) is 2. The van der Waals surface area contributed by atoms with E-state index in [0.717, 1.165) is 19.4 Å². The fourth-order valence-corrected chi connectivity index (χ4v) is 2.20. The summed E-state index contributed by atoms with van der Waals surface area (Å²) in [6.07, 6.45) is 2.11. The van der Waals surface area contributed by atoms with Crippen LogP contribution in [0.4, 0.5) is 5.69 Å². The molecular formula is C17H28N8O3. The van der Waals surface area contributed by atoms with Gasteiger partial charge in [-0.15, -0.1) is 5.11 Å². The Kier molecular flexibility index (Phi) is 10.1. The Morgan fingerprint density at radius 2 is 1.82 bits per heavy atom. The van der Waals surface area contributed by atoms with Gasteiger partial charge in [0.15, 0.2) is 0 Å². The Hall–Kier alpha value is -3.05. The third kappa shape index (κ3) is 8.10. The molecule has 0 fully saturated rings. The monoisotopic (exact) mass is 392 g/mol. The normalized spacial score (nSPS) is 11.7. The van der Waals surface area contributed by atoms with Gasteiger partial charge >= 0.3 is 0 Å². The van der Waals surface area contributed by atoms with Crippen molar-refractivity contribution < 1.29 is 14.4 Å². The molecule has 1 rings (SSSR count). The molecule has 0 saturated heterocycles. The second-order valence-electron chi connectivity index (χ2n) is 6.11. The van der Waals surface area contributed by atoms with E-state index in [1.165, 1.54) is 0 Å². The van der Waals surface area contributed by atoms with Crippen molar-refractivity contribution in [2.24, 2.45) is 22.0 Å². The van der Waals surface area contributed by atoms with Crippen LogP contribution in [0.3, 0.4) is 0 Å². The summed E-state index contributed by atoms with van der Waals surface area (Å²) in [7, 11) is 1.84. The maximum Gasteiger partial charge on any atom is 0.256 e. The maximum absolute atomic E-state index is 12.4. The second-order valence-corrected chi connectivity index (χ2v) is 6.11. The van der Waals surface area contributed by atoms with Crippen LogP contribution in [0.25, 0.3) is 0 Å². The first-order valence-corrected chi connectivity index (χ1v) is 8.94. The zero-order valence-electron chi connectivity index (χ0n) is 16.1. The van der Waals surface area contributed by atoms with E-state index in [0.29, 0.717) is 11.3 Å². The van der Waals surface area contributed by atoms with E-state index in [1.54, 1.807) is 29.3 Å². The average Bonchev–Trinajstić information content (AvgIpc) is 2.72. The van der Waals surface area contributed by atoms with Gasteiger partial charge in [0, 0.05) is 25.6 Å². The summed E-state index contributed by atoms with van der Waals surface area (Å²) in [5.41, 5.74) is 4.85. The van der Waals surface area contributed by atoms with Crippen LogP contribution in [0, 0.1) is 0 Å². The first-order chi connectivity index (χ1) is 13.4. The van der Waals surface area contributed by atoms with E-state index in [-0.39, 0.29) is 12.8 Å². The van der Waals surface area contributed by atoms with Crippen molar-refractivity contribution in [1.82, 2.24) is 21.2 Å². The van der Waals surface area contributed by atoms with Gasteiger partial charge in [-0.3, -0.25) is 30.2 Å². The lowest BCUT2D eigenvalue weighted by molar-refractivity contribution is -0.124. The van der Waals surface area contributed by atoms with Crippen LogP contribution in [0.15, 0.2) is 34.6 Å². The molecule has 154 valence electrons. The summed E-state index contributed by atoms with van der Waals surface area (Å²) in [6, 6.07) is 5.46. The predicted molar refractivity (Wildman–Crippen MR) is 104 cm³/mol. The Balaban J connectivity index is 2.70. The van der Waals surface area contributed by atoms with Crippen LogP contribution in [-0.2, 0) is 9.59 Å². The molecule has 0 heterocycles. The quantitative estimate of drug-likeness (QED) is 0.157. The third-order valence-electron chi connectivity index (χ3n) is 3.86. The van der Waals surface area contributed by atoms with E-state index >= 15 is 0 Å². The van der Waals surface area contributed by atoms with Crippen molar-refractivity contribution in [1.29, 1.82) is 0 Å². The van der Waals surface area contributed by atoms with Crippen LogP contribution in [0.5, 0.6) is 0 Å². The summed E-state index contributed by atoms with van der Waals surface area (Å²) >= 11 is 0. The summed E-state index contributed by atoms with van der Waals surface area (Å²) in [6.45, 7) is 2.91. The standard InChI is InChI=1S/C17H28N8O3/c1-3-4-11-25(2)24-23-13-7-5-12(6-8-13)16(27)20-14(17(28)22-19)9-10-15(26)21-18/h5-8,14H,3-4,9-11,18-19H2,1-2H3,(H,20,27)(H,21,26)(H,22,28). The van der Waals surface area contributed by atoms with Crippen LogP contribution < -0.4 is 27.9 Å². The fourth-order valence-electron chi connectivity index (χ4n) is 2.20. The molecule has 1 aromatic carbocycles. The zero-order chi connectivity index (χ0) is 20.9. The molecule has 1 atom stereocenters. The second kappa shape index (κ2) is 12.4. The van der Waals surface area contributed by atoms with E-state index in [4.69, 9.17) is 11.7 Å². The molecule has 0 bridgehead atoms. The molecule has 28 heavy (non-hydrogen) atoms. The van der Waals surface area contributed by atoms with Gasteiger partial charge in [-0.2, -0.15) is 0 Å². The number of benzene rings is 1. The highest BCUT2D eigenvalue weighted by atomic mass is 16.2. The summed E-state index contributed by atoms with van der Waals surface area (Å²) < 4.78 is 0. The molecule has 1 unspecified atom stereocenters. The predicted octanol–water partition coefficient (Wildman–Crippen LogP) is 0.276. The van der Waals surface area contributed by atoms with Gasteiger partial charge in [0.1, 0.15) is 6.04 Å². The van der Waals surface area contributed by atoms with Gasteiger partial charge in [0.05, 0.1) is 5.69 Å². The number of carbonyl (C=O) groups excluding carboxylic acids is 3. The molecule has 11 nitrogen and oxygen atoms in total. The summed E-state index contributed by atoms with van der Waals surface area (Å²) in [4.78, 5) is 35.4. The Bertz CT molecular complexity index is 677. The minimum Gasteiger partial charge on any atom is -0.340 e. The Morgan fingerprint density at radius 1 is 1.14 bits per heavy atom. The molecule has 0 spiro atoms. The van der Waals surface area contributed by atoms with Crippen molar-refractivity contribution in [3.8, 4) is 0 Å². The Morgan fingerprint density at radius 3 is 2.39 bits per heavy atom. The van der Waals surface area contributed by atoms with Crippen LogP contribution >= 0.6 is 0 Å². The number of amides is 3. The van der Waals surface area contributed by atoms with Gasteiger partial charge in [-0.1, -0.05) is 18.6 Å². The molecule has 0 radical (unpaired) electrons. The smallest absolute Gasteiger partial charge is 0.256 e. The van der Waals surface area contributed by atoms with Crippen molar-refractivity contribution in [3.05, 3.63) is 29.8 Å². The maximum atomic E-state index is 12.4. The molecular weight excluding hydrogens is 364 g/mol. The van der Waals surface area contributed by atoms with E-state index in [9.17, 15) is 14.4 Å². The number of unbranched alkanes of at least 4 members (excludes halogenated alkanes) is 1. The minimum atomic E-state index is -0.971. The number of rotatable bonds is 11. The van der Waals surface area contributed by atoms with Crippen molar-refractivity contribution in [3.63, 3.8) is 0 Å².